The molecule has 1 atom stereocenters. The molecule has 206 valence electrons. The fourth-order valence-electron chi connectivity index (χ4n) is 4.57. The van der Waals surface area contributed by atoms with E-state index >= 15 is 0 Å². The summed E-state index contributed by atoms with van der Waals surface area (Å²) in [6.07, 6.45) is -3.83. The van der Waals surface area contributed by atoms with E-state index in [4.69, 9.17) is 32.5 Å². The molecule has 40 heavy (non-hydrogen) atoms. The zero-order chi connectivity index (χ0) is 28.8. The Bertz CT molecular complexity index is 1710. The zero-order valence-electron chi connectivity index (χ0n) is 21.1. The number of nitrogens with one attached hydrogen (secondary N) is 1. The van der Waals surface area contributed by atoms with Crippen LogP contribution in [0.3, 0.4) is 0 Å². The van der Waals surface area contributed by atoms with E-state index in [1.165, 1.54) is 25.2 Å². The Hall–Kier alpha value is -3.79. The summed E-state index contributed by atoms with van der Waals surface area (Å²) in [6, 6.07) is 16.4. The van der Waals surface area contributed by atoms with E-state index in [9.17, 15) is 22.8 Å². The van der Waals surface area contributed by atoms with Crippen molar-refractivity contribution in [2.45, 2.75) is 25.2 Å². The van der Waals surface area contributed by atoms with Gasteiger partial charge in [-0.25, -0.2) is 4.84 Å². The number of para-hydroxylation sites is 1. The molecule has 0 bridgehead atoms. The lowest BCUT2D eigenvalue weighted by atomic mass is 9.91. The van der Waals surface area contributed by atoms with Crippen LogP contribution in [-0.2, 0) is 17.0 Å². The molecule has 0 radical (unpaired) electrons. The maximum absolute atomic E-state index is 14.4. The van der Waals surface area contributed by atoms with E-state index in [1.54, 1.807) is 49.4 Å². The molecule has 1 aliphatic rings. The average Bonchev–Trinajstić information content (AvgIpc) is 3.26. The number of carbonyl (C=O) groups is 1. The van der Waals surface area contributed by atoms with Crippen molar-refractivity contribution in [3.63, 3.8) is 0 Å². The molecule has 0 fully saturated rings. The van der Waals surface area contributed by atoms with Crippen molar-refractivity contribution in [3.8, 4) is 0 Å². The Labute approximate surface area is 236 Å². The van der Waals surface area contributed by atoms with Gasteiger partial charge in [0.1, 0.15) is 5.58 Å². The predicted octanol–water partition coefficient (Wildman–Crippen LogP) is 7.01. The van der Waals surface area contributed by atoms with E-state index in [0.29, 0.717) is 27.7 Å². The van der Waals surface area contributed by atoms with Gasteiger partial charge in [-0.2, -0.15) is 13.2 Å². The minimum absolute atomic E-state index is 0.0458. The van der Waals surface area contributed by atoms with Gasteiger partial charge in [-0.15, -0.1) is 0 Å². The van der Waals surface area contributed by atoms with Crippen molar-refractivity contribution in [1.29, 1.82) is 0 Å². The highest BCUT2D eigenvalue weighted by atomic mass is 35.5. The van der Waals surface area contributed by atoms with Crippen LogP contribution in [0, 0.1) is 6.92 Å². The average molecular weight is 589 g/mol. The molecule has 2 heterocycles. The second kappa shape index (κ2) is 10.3. The van der Waals surface area contributed by atoms with Gasteiger partial charge in [0, 0.05) is 40.8 Å². The summed E-state index contributed by atoms with van der Waals surface area (Å²) >= 11 is 12.0. The number of hydroxylamine groups is 2. The molecule has 0 aliphatic carbocycles. The standard InChI is InChI=1S/C29H21Cl2F3N2O4/c1-16-9-17(23-14-28(29(32,33)34,40-36(23)2)19-10-20(30)12-21(31)11-19)7-8-18(16)15-35-27(38)26-13-24(37)22-5-3-4-6-25(22)39-26/h3-14H,15H2,1-2H3,(H,35,38). The monoisotopic (exact) mass is 588 g/mol. The topological polar surface area (TPSA) is 71.8 Å². The summed E-state index contributed by atoms with van der Waals surface area (Å²) in [4.78, 5) is 30.4. The number of nitrogens with zero attached hydrogens (tertiary/aromatic N) is 1. The van der Waals surface area contributed by atoms with Crippen molar-refractivity contribution >= 4 is 45.8 Å². The van der Waals surface area contributed by atoms with Crippen LogP contribution in [0.4, 0.5) is 13.2 Å². The third-order valence-electron chi connectivity index (χ3n) is 6.61. The third kappa shape index (κ3) is 5.08. The number of hydrogen-bond donors (Lipinski definition) is 1. The molecule has 0 spiro atoms. The van der Waals surface area contributed by atoms with Crippen molar-refractivity contribution in [1.82, 2.24) is 10.4 Å². The summed E-state index contributed by atoms with van der Waals surface area (Å²) in [5.74, 6) is -0.703. The Morgan fingerprint density at radius 3 is 2.40 bits per heavy atom. The lowest BCUT2D eigenvalue weighted by Crippen LogP contribution is -2.42. The number of fused-ring (bicyclic) bond motifs is 1. The van der Waals surface area contributed by atoms with Crippen LogP contribution in [0.5, 0.6) is 0 Å². The number of amides is 1. The van der Waals surface area contributed by atoms with Gasteiger partial charge < -0.3 is 9.73 Å². The molecule has 11 heteroatoms. The number of hydrogen-bond acceptors (Lipinski definition) is 5. The largest absolute Gasteiger partial charge is 0.451 e. The lowest BCUT2D eigenvalue weighted by molar-refractivity contribution is -0.308. The number of halogens is 5. The Morgan fingerprint density at radius 1 is 1.02 bits per heavy atom. The minimum Gasteiger partial charge on any atom is -0.451 e. The van der Waals surface area contributed by atoms with Gasteiger partial charge in [0.25, 0.3) is 5.91 Å². The van der Waals surface area contributed by atoms with E-state index in [1.807, 2.05) is 0 Å². The predicted molar refractivity (Wildman–Crippen MR) is 146 cm³/mol. The van der Waals surface area contributed by atoms with E-state index in [0.717, 1.165) is 17.2 Å². The number of benzene rings is 3. The van der Waals surface area contributed by atoms with Crippen molar-refractivity contribution < 1.29 is 27.2 Å². The lowest BCUT2D eigenvalue weighted by Gasteiger charge is -2.31. The second-order valence-electron chi connectivity index (χ2n) is 9.30. The molecule has 1 amide bonds. The quantitative estimate of drug-likeness (QED) is 0.271. The molecular formula is C29H21Cl2F3N2O4. The summed E-state index contributed by atoms with van der Waals surface area (Å²) in [5.41, 5.74) is -1.01. The van der Waals surface area contributed by atoms with Crippen molar-refractivity contribution in [2.24, 2.45) is 0 Å². The van der Waals surface area contributed by atoms with Crippen molar-refractivity contribution in [2.75, 3.05) is 7.05 Å². The molecule has 1 aromatic heterocycles. The highest BCUT2D eigenvalue weighted by Gasteiger charge is 2.60. The Balaban J connectivity index is 1.40. The first-order chi connectivity index (χ1) is 18.9. The van der Waals surface area contributed by atoms with Gasteiger partial charge in [0.15, 0.2) is 11.2 Å². The van der Waals surface area contributed by atoms with Gasteiger partial charge in [-0.1, -0.05) is 47.5 Å². The fraction of sp³-hybridized carbons (Fsp3) is 0.172. The number of carbonyl (C=O) groups excluding carboxylic acids is 1. The van der Waals surface area contributed by atoms with Gasteiger partial charge in [0.2, 0.25) is 5.60 Å². The number of alkyl halides is 3. The van der Waals surface area contributed by atoms with Crippen LogP contribution >= 0.6 is 23.2 Å². The normalized spacial score (nSPS) is 17.3. The second-order valence-corrected chi connectivity index (χ2v) is 10.2. The van der Waals surface area contributed by atoms with E-state index in [2.05, 4.69) is 5.32 Å². The maximum Gasteiger partial charge on any atom is 0.428 e. The molecule has 6 nitrogen and oxygen atoms in total. The molecule has 4 aromatic rings. The molecule has 1 N–H and O–H groups in total. The SMILES string of the molecule is Cc1cc(C2=CC(c3cc(Cl)cc(Cl)c3)(C(F)(F)F)ON2C)ccc1CNC(=O)c1cc(=O)c2ccccc2o1. The van der Waals surface area contributed by atoms with E-state index in [-0.39, 0.29) is 39.0 Å². The molecular weight excluding hydrogens is 568 g/mol. The smallest absolute Gasteiger partial charge is 0.428 e. The molecule has 1 unspecified atom stereocenters. The van der Waals surface area contributed by atoms with Gasteiger partial charge >= 0.3 is 6.18 Å². The molecule has 0 saturated heterocycles. The van der Waals surface area contributed by atoms with Crippen LogP contribution < -0.4 is 10.7 Å². The summed E-state index contributed by atoms with van der Waals surface area (Å²) in [7, 11) is 1.38. The van der Waals surface area contributed by atoms with E-state index < -0.39 is 17.7 Å². The first-order valence-electron chi connectivity index (χ1n) is 12.0. The number of aryl methyl sites for hydroxylation is 1. The zero-order valence-corrected chi connectivity index (χ0v) is 22.6. The number of rotatable bonds is 5. The molecule has 0 saturated carbocycles. The first kappa shape index (κ1) is 27.8. The molecule has 5 rings (SSSR count). The molecule has 3 aromatic carbocycles. The Kier molecular flexibility index (Phi) is 7.16. The van der Waals surface area contributed by atoms with Gasteiger partial charge in [0.05, 0.1) is 11.1 Å². The summed E-state index contributed by atoms with van der Waals surface area (Å²) < 4.78 is 48.9. The van der Waals surface area contributed by atoms with Gasteiger partial charge in [-0.3, -0.25) is 14.7 Å². The highest BCUT2D eigenvalue weighted by Crippen LogP contribution is 2.51. The highest BCUT2D eigenvalue weighted by molar-refractivity contribution is 6.34. The van der Waals surface area contributed by atoms with Crippen LogP contribution in [0.25, 0.3) is 16.7 Å². The maximum atomic E-state index is 14.4. The summed E-state index contributed by atoms with van der Waals surface area (Å²) in [6.45, 7) is 1.87. The minimum atomic E-state index is -4.83. The third-order valence-corrected chi connectivity index (χ3v) is 7.05. The van der Waals surface area contributed by atoms with Crippen LogP contribution in [-0.4, -0.2) is 24.2 Å². The Morgan fingerprint density at radius 2 is 1.73 bits per heavy atom. The molecule has 1 aliphatic heterocycles. The van der Waals surface area contributed by atoms with Crippen LogP contribution in [0.1, 0.15) is 32.8 Å². The first-order valence-corrected chi connectivity index (χ1v) is 12.7. The summed E-state index contributed by atoms with van der Waals surface area (Å²) in [5, 5.41) is 4.23. The van der Waals surface area contributed by atoms with Gasteiger partial charge in [-0.05, 0) is 60.5 Å². The van der Waals surface area contributed by atoms with Crippen LogP contribution in [0.15, 0.2) is 82.0 Å². The van der Waals surface area contributed by atoms with Crippen molar-refractivity contribution in [3.05, 3.63) is 121 Å². The fourth-order valence-corrected chi connectivity index (χ4v) is 5.10. The van der Waals surface area contributed by atoms with Crippen LogP contribution in [0.2, 0.25) is 10.0 Å².